The average molecular weight is 1060 g/mol. The van der Waals surface area contributed by atoms with Crippen LogP contribution in [0.3, 0.4) is 0 Å². The molecular weight excluding hydrogens is 990 g/mol. The van der Waals surface area contributed by atoms with E-state index < -0.39 is 104 Å². The van der Waals surface area contributed by atoms with E-state index in [1.54, 1.807) is 45.0 Å². The molecule has 2 fully saturated rings. The molecule has 76 heavy (non-hydrogen) atoms. The number of halogens is 3. The molecule has 406 valence electrons. The van der Waals surface area contributed by atoms with Gasteiger partial charge in [-0.05, 0) is 66.6 Å². The zero-order valence-corrected chi connectivity index (χ0v) is 42.9. The van der Waals surface area contributed by atoms with Crippen LogP contribution in [0.15, 0.2) is 140 Å². The van der Waals surface area contributed by atoms with E-state index in [1.807, 2.05) is 115 Å². The lowest BCUT2D eigenvalue weighted by molar-refractivity contribution is -0.352. The predicted molar refractivity (Wildman–Crippen MR) is 271 cm³/mol. The Kier molecular flexibility index (Phi) is 19.0. The highest BCUT2D eigenvalue weighted by Crippen LogP contribution is 2.44. The third-order valence-corrected chi connectivity index (χ3v) is 13.2. The maximum absolute atomic E-state index is 17.6. The number of rotatable bonds is 21. The first-order valence-corrected chi connectivity index (χ1v) is 25.3. The molecule has 5 aromatic rings. The van der Waals surface area contributed by atoms with Gasteiger partial charge in [-0.3, -0.25) is 4.79 Å². The zero-order chi connectivity index (χ0) is 53.9. The summed E-state index contributed by atoms with van der Waals surface area (Å²) in [5.74, 6) is -2.07. The van der Waals surface area contributed by atoms with E-state index in [-0.39, 0.29) is 39.0 Å². The number of carbonyl (C=O) groups is 3. The number of alkyl carbamates (subject to hydrolysis) is 1. The number of aliphatic hydroxyl groups is 1. The number of carbonyl (C=O) groups excluding carboxylic acids is 3. The number of amides is 2. The van der Waals surface area contributed by atoms with Crippen molar-refractivity contribution in [3.63, 3.8) is 0 Å². The maximum Gasteiger partial charge on any atom is 0.407 e. The number of esters is 1. The van der Waals surface area contributed by atoms with Gasteiger partial charge in [-0.15, -0.1) is 0 Å². The van der Waals surface area contributed by atoms with Crippen molar-refractivity contribution in [1.29, 1.82) is 0 Å². The van der Waals surface area contributed by atoms with Crippen molar-refractivity contribution >= 4 is 18.0 Å². The summed E-state index contributed by atoms with van der Waals surface area (Å²) < 4.78 is 103. The quantitative estimate of drug-likeness (QED) is 0.0598. The van der Waals surface area contributed by atoms with Crippen LogP contribution in [-0.4, -0.2) is 122 Å². The molecule has 12 atom stereocenters. The second-order valence-corrected chi connectivity index (χ2v) is 20.0. The molecule has 0 unspecified atom stereocenters. The monoisotopic (exact) mass is 1050 g/mol. The third kappa shape index (κ3) is 14.2. The minimum Gasteiger partial charge on any atom is -0.458 e. The summed E-state index contributed by atoms with van der Waals surface area (Å²) in [5, 5.41) is 16.8. The van der Waals surface area contributed by atoms with Gasteiger partial charge in [0.25, 0.3) is 6.43 Å². The Bertz CT molecular complexity index is 2620. The second-order valence-electron chi connectivity index (χ2n) is 20.0. The molecule has 2 heterocycles. The normalized spacial score (nSPS) is 25.2. The molecule has 8 rings (SSSR count). The van der Waals surface area contributed by atoms with Gasteiger partial charge in [0.2, 0.25) is 5.91 Å². The van der Waals surface area contributed by atoms with Gasteiger partial charge < -0.3 is 58.4 Å². The van der Waals surface area contributed by atoms with Crippen LogP contribution >= 0.6 is 0 Å². The van der Waals surface area contributed by atoms with Crippen LogP contribution in [0.2, 0.25) is 0 Å². The number of fused-ring (bicyclic) bond motifs is 3. The first-order valence-electron chi connectivity index (χ1n) is 25.3. The summed E-state index contributed by atoms with van der Waals surface area (Å²) in [6.07, 6.45) is -22.3. The summed E-state index contributed by atoms with van der Waals surface area (Å²) in [5.41, 5.74) is 5.10. The molecule has 3 aliphatic rings. The van der Waals surface area contributed by atoms with E-state index in [2.05, 4.69) is 10.6 Å². The van der Waals surface area contributed by atoms with Gasteiger partial charge in [-0.2, -0.15) is 0 Å². The Morgan fingerprint density at radius 2 is 1.21 bits per heavy atom. The summed E-state index contributed by atoms with van der Waals surface area (Å²) in [6, 6.07) is 39.6. The third-order valence-electron chi connectivity index (χ3n) is 13.2. The highest BCUT2D eigenvalue weighted by atomic mass is 19.3. The molecule has 0 spiro atoms. The van der Waals surface area contributed by atoms with Crippen LogP contribution in [0, 0.1) is 0 Å². The Labute approximate surface area is 440 Å². The van der Waals surface area contributed by atoms with Crippen LogP contribution in [0.1, 0.15) is 68.4 Å². The largest absolute Gasteiger partial charge is 0.458 e. The van der Waals surface area contributed by atoms with Gasteiger partial charge in [0.15, 0.2) is 24.8 Å². The Hall–Kier alpha value is -6.22. The Morgan fingerprint density at radius 3 is 1.75 bits per heavy atom. The lowest BCUT2D eigenvalue weighted by Crippen LogP contribution is -2.69. The van der Waals surface area contributed by atoms with Crippen molar-refractivity contribution in [3.05, 3.63) is 167 Å². The van der Waals surface area contributed by atoms with Gasteiger partial charge in [0, 0.05) is 12.8 Å². The van der Waals surface area contributed by atoms with Crippen molar-refractivity contribution in [2.75, 3.05) is 13.2 Å². The Balaban J connectivity index is 1.06. The molecule has 0 radical (unpaired) electrons. The molecule has 2 saturated heterocycles. The molecule has 0 saturated carbocycles. The maximum atomic E-state index is 17.6. The lowest BCUT2D eigenvalue weighted by atomic mass is 9.95. The number of ether oxygens (including phenoxy) is 9. The number of benzene rings is 5. The van der Waals surface area contributed by atoms with Crippen molar-refractivity contribution < 1.29 is 75.3 Å². The highest BCUT2D eigenvalue weighted by molar-refractivity contribution is 5.83. The lowest BCUT2D eigenvalue weighted by Gasteiger charge is -2.48. The molecule has 18 heteroatoms. The van der Waals surface area contributed by atoms with Crippen LogP contribution < -0.4 is 10.6 Å². The highest BCUT2D eigenvalue weighted by Gasteiger charge is 2.56. The molecule has 1 aliphatic carbocycles. The van der Waals surface area contributed by atoms with Gasteiger partial charge in [0.1, 0.15) is 54.9 Å². The van der Waals surface area contributed by atoms with Crippen LogP contribution in [-0.2, 0) is 72.0 Å². The first-order chi connectivity index (χ1) is 36.5. The minimum absolute atomic E-state index is 0.0183. The van der Waals surface area contributed by atoms with Gasteiger partial charge >= 0.3 is 12.1 Å². The van der Waals surface area contributed by atoms with Gasteiger partial charge in [-0.1, -0.05) is 140 Å². The van der Waals surface area contributed by atoms with Crippen LogP contribution in [0.25, 0.3) is 11.1 Å². The van der Waals surface area contributed by atoms with E-state index in [4.69, 9.17) is 42.6 Å². The van der Waals surface area contributed by atoms with E-state index >= 15 is 13.2 Å². The summed E-state index contributed by atoms with van der Waals surface area (Å²) in [4.78, 5) is 40.7. The molecule has 0 aromatic heterocycles. The number of nitrogens with one attached hydrogen (secondary N) is 2. The van der Waals surface area contributed by atoms with E-state index in [1.165, 1.54) is 6.92 Å². The average Bonchev–Trinajstić information content (AvgIpc) is 3.74. The smallest absolute Gasteiger partial charge is 0.407 e. The SMILES string of the molecule is CC(=O)N[C@H]1[C@@H](O[C@H](C)[C@H](NC(=O)OCC2c3ccccc3-c3ccccc32)C(=O)OC(C)(C)C)O[C@H](C(F)F)[C@H](O)[C@@H]1O[C@H]1O[C@H](COCc2ccccc2)[C@H](OCc2ccccc2)[C@H](OCc2ccccc2)[C@H]1F. The van der Waals surface area contributed by atoms with Crippen molar-refractivity contribution in [3.8, 4) is 11.1 Å². The fraction of sp³-hybridized carbons (Fsp3) is 0.431. The summed E-state index contributed by atoms with van der Waals surface area (Å²) >= 11 is 0. The van der Waals surface area contributed by atoms with E-state index in [0.29, 0.717) is 5.56 Å². The first kappa shape index (κ1) is 56.0. The van der Waals surface area contributed by atoms with E-state index in [0.717, 1.165) is 40.3 Å². The van der Waals surface area contributed by atoms with Crippen LogP contribution in [0.5, 0.6) is 0 Å². The number of alkyl halides is 3. The zero-order valence-electron chi connectivity index (χ0n) is 42.9. The van der Waals surface area contributed by atoms with E-state index in [9.17, 15) is 19.5 Å². The fourth-order valence-corrected chi connectivity index (χ4v) is 9.60. The number of hydrogen-bond donors (Lipinski definition) is 3. The Morgan fingerprint density at radius 1 is 0.684 bits per heavy atom. The van der Waals surface area contributed by atoms with Crippen molar-refractivity contribution in [2.24, 2.45) is 0 Å². The molecule has 0 bridgehead atoms. The fourth-order valence-electron chi connectivity index (χ4n) is 9.60. The number of aliphatic hydroxyl groups excluding tert-OH is 1. The van der Waals surface area contributed by atoms with Crippen LogP contribution in [0.4, 0.5) is 18.0 Å². The molecular formula is C58H65F3N2O13. The molecule has 2 amide bonds. The predicted octanol–water partition coefficient (Wildman–Crippen LogP) is 8.33. The summed E-state index contributed by atoms with van der Waals surface area (Å²) in [7, 11) is 0. The molecule has 2 aliphatic heterocycles. The molecule has 5 aromatic carbocycles. The van der Waals surface area contributed by atoms with Crippen molar-refractivity contribution in [2.45, 2.75) is 146 Å². The van der Waals surface area contributed by atoms with Gasteiger partial charge in [-0.25, -0.2) is 22.8 Å². The van der Waals surface area contributed by atoms with Crippen molar-refractivity contribution in [1.82, 2.24) is 10.6 Å². The second kappa shape index (κ2) is 25.7. The number of hydrogen-bond acceptors (Lipinski definition) is 13. The van der Waals surface area contributed by atoms with Gasteiger partial charge in [0.05, 0.1) is 32.5 Å². The minimum atomic E-state index is -3.40. The molecule has 15 nitrogen and oxygen atoms in total. The summed E-state index contributed by atoms with van der Waals surface area (Å²) in [6.45, 7) is 7.03. The topological polar surface area (TPSA) is 179 Å². The standard InChI is InChI=1S/C58H65F3N2O13/c1-34(46(54(66)76-58(3,4)5)63-57(67)71-32-43-41-27-17-15-25-39(41)40-26-16-18-28-42(40)43)72-56-47(62-35(2)64)51(48(65)52(75-56)53(60)61)74-55-45(59)50(70-31-38-23-13-8-14-24-38)49(69-30-37-21-11-7-12-22-37)44(73-55)33-68-29-36-19-9-6-10-20-36/h6-28,34,43-53,55-56,65H,29-33H2,1-5H3,(H,62,64)(H,63,67)/t34-,44-,45-,46+,47-,48-,49+,50-,51-,52+,55-,56+/m1/s1. The molecule has 3 N–H and O–H groups in total.